The van der Waals surface area contributed by atoms with Crippen LogP contribution in [-0.4, -0.2) is 16.3 Å². The Labute approximate surface area is 91.8 Å². The third-order valence-corrected chi connectivity index (χ3v) is 4.01. The molecule has 3 nitrogen and oxygen atoms in total. The summed E-state index contributed by atoms with van der Waals surface area (Å²) in [6, 6.07) is 2.08. The number of aromatic nitrogens is 1. The minimum Gasteiger partial charge on any atom is -0.384 e. The van der Waals surface area contributed by atoms with E-state index in [1.807, 2.05) is 6.26 Å². The number of aliphatic hydroxyl groups is 1. The first-order valence-electron chi connectivity index (χ1n) is 4.10. The smallest absolute Gasteiger partial charge is 0.124 e. The molecule has 0 aliphatic carbocycles. The van der Waals surface area contributed by atoms with E-state index in [2.05, 4.69) is 11.1 Å². The zero-order valence-electron chi connectivity index (χ0n) is 8.31. The third kappa shape index (κ3) is 2.27. The van der Waals surface area contributed by atoms with Crippen LogP contribution in [0.5, 0.6) is 0 Å². The number of hydrogen-bond acceptors (Lipinski definition) is 5. The monoisotopic (exact) mass is 228 g/mol. The van der Waals surface area contributed by atoms with E-state index in [0.717, 1.165) is 4.21 Å². The molecular weight excluding hydrogens is 216 g/mol. The number of nitrogens with zero attached hydrogens (tertiary/aromatic N) is 2. The molecule has 0 aliphatic rings. The van der Waals surface area contributed by atoms with Crippen LogP contribution in [-0.2, 0) is 0 Å². The zero-order chi connectivity index (χ0) is 10.8. The summed E-state index contributed by atoms with van der Waals surface area (Å²) in [5, 5.41) is 19.3. The SMILES string of the molecule is CSc1cnc(C(O)C(C)(C)C#N)s1. The van der Waals surface area contributed by atoms with E-state index >= 15 is 0 Å². The summed E-state index contributed by atoms with van der Waals surface area (Å²) in [5.74, 6) is 0. The van der Waals surface area contributed by atoms with E-state index < -0.39 is 11.5 Å². The highest BCUT2D eigenvalue weighted by molar-refractivity contribution is 8.00. The quantitative estimate of drug-likeness (QED) is 0.807. The standard InChI is InChI=1S/C9H12N2OS2/c1-9(2,5-10)7(12)8-11-4-6(13-3)14-8/h4,7,12H,1-3H3. The number of rotatable bonds is 3. The van der Waals surface area contributed by atoms with Crippen molar-refractivity contribution in [2.24, 2.45) is 5.41 Å². The topological polar surface area (TPSA) is 56.9 Å². The first-order chi connectivity index (χ1) is 6.51. The van der Waals surface area contributed by atoms with E-state index in [-0.39, 0.29) is 0 Å². The fraction of sp³-hybridized carbons (Fsp3) is 0.556. The van der Waals surface area contributed by atoms with Crippen molar-refractivity contribution in [2.75, 3.05) is 6.26 Å². The molecular formula is C9H12N2OS2. The molecule has 14 heavy (non-hydrogen) atoms. The lowest BCUT2D eigenvalue weighted by atomic mass is 9.89. The van der Waals surface area contributed by atoms with Crippen LogP contribution in [0.15, 0.2) is 10.4 Å². The summed E-state index contributed by atoms with van der Waals surface area (Å²) in [5.41, 5.74) is -0.784. The molecule has 0 radical (unpaired) electrons. The summed E-state index contributed by atoms with van der Waals surface area (Å²) < 4.78 is 1.05. The van der Waals surface area contributed by atoms with Crippen LogP contribution in [0.3, 0.4) is 0 Å². The zero-order valence-corrected chi connectivity index (χ0v) is 9.95. The maximum absolute atomic E-state index is 9.87. The van der Waals surface area contributed by atoms with Crippen molar-refractivity contribution in [3.63, 3.8) is 0 Å². The van der Waals surface area contributed by atoms with Gasteiger partial charge in [0.2, 0.25) is 0 Å². The molecule has 1 N–H and O–H groups in total. The molecule has 0 aromatic carbocycles. The number of aliphatic hydroxyl groups excluding tert-OH is 1. The molecule has 0 fully saturated rings. The molecule has 0 aliphatic heterocycles. The van der Waals surface area contributed by atoms with Crippen LogP contribution in [0.2, 0.25) is 0 Å². The van der Waals surface area contributed by atoms with Gasteiger partial charge in [-0.2, -0.15) is 5.26 Å². The maximum atomic E-state index is 9.87. The van der Waals surface area contributed by atoms with Gasteiger partial charge in [-0.25, -0.2) is 4.98 Å². The van der Waals surface area contributed by atoms with Crippen molar-refractivity contribution < 1.29 is 5.11 Å². The Morgan fingerprint density at radius 3 is 2.79 bits per heavy atom. The molecule has 1 aromatic heterocycles. The van der Waals surface area contributed by atoms with Crippen LogP contribution in [0.25, 0.3) is 0 Å². The number of hydrogen-bond donors (Lipinski definition) is 1. The fourth-order valence-corrected chi connectivity index (χ4v) is 2.43. The van der Waals surface area contributed by atoms with E-state index in [0.29, 0.717) is 5.01 Å². The van der Waals surface area contributed by atoms with Gasteiger partial charge in [0, 0.05) is 0 Å². The van der Waals surface area contributed by atoms with E-state index in [1.165, 1.54) is 11.3 Å². The highest BCUT2D eigenvalue weighted by atomic mass is 32.2. The Morgan fingerprint density at radius 1 is 1.71 bits per heavy atom. The summed E-state index contributed by atoms with van der Waals surface area (Å²) in [7, 11) is 0. The van der Waals surface area contributed by atoms with Crippen molar-refractivity contribution in [1.29, 1.82) is 5.26 Å². The summed E-state index contributed by atoms with van der Waals surface area (Å²) >= 11 is 3.02. The van der Waals surface area contributed by atoms with Gasteiger partial charge in [-0.05, 0) is 20.1 Å². The van der Waals surface area contributed by atoms with E-state index in [1.54, 1.807) is 31.8 Å². The molecule has 1 aromatic rings. The normalized spacial score (nSPS) is 13.6. The fourth-order valence-electron chi connectivity index (χ4n) is 0.863. The van der Waals surface area contributed by atoms with Crippen LogP contribution in [0.4, 0.5) is 0 Å². The third-order valence-electron chi connectivity index (χ3n) is 1.91. The first kappa shape index (κ1) is 11.5. The maximum Gasteiger partial charge on any atom is 0.124 e. The Bertz CT molecular complexity index is 354. The molecule has 0 saturated heterocycles. The lowest BCUT2D eigenvalue weighted by Gasteiger charge is -2.20. The lowest BCUT2D eigenvalue weighted by Crippen LogP contribution is -2.19. The van der Waals surface area contributed by atoms with Crippen molar-refractivity contribution in [3.8, 4) is 6.07 Å². The number of nitriles is 1. The molecule has 1 unspecified atom stereocenters. The molecule has 0 amide bonds. The molecule has 1 atom stereocenters. The second-order valence-corrected chi connectivity index (χ2v) is 5.63. The van der Waals surface area contributed by atoms with Crippen molar-refractivity contribution in [1.82, 2.24) is 4.98 Å². The van der Waals surface area contributed by atoms with Gasteiger partial charge in [-0.15, -0.1) is 23.1 Å². The van der Waals surface area contributed by atoms with Crippen LogP contribution in [0.1, 0.15) is 25.0 Å². The minimum atomic E-state index is -0.807. The minimum absolute atomic E-state index is 0.612. The molecule has 0 spiro atoms. The lowest BCUT2D eigenvalue weighted by molar-refractivity contribution is 0.0865. The number of thioether (sulfide) groups is 1. The number of thiazole rings is 1. The largest absolute Gasteiger partial charge is 0.384 e. The Balaban J connectivity index is 2.90. The first-order valence-corrected chi connectivity index (χ1v) is 6.14. The highest BCUT2D eigenvalue weighted by Gasteiger charge is 2.31. The molecule has 1 rings (SSSR count). The second kappa shape index (κ2) is 4.30. The predicted octanol–water partition coefficient (Wildman–Crippen LogP) is 2.45. The highest BCUT2D eigenvalue weighted by Crippen LogP contribution is 2.36. The Morgan fingerprint density at radius 2 is 2.36 bits per heavy atom. The molecule has 5 heteroatoms. The predicted molar refractivity (Wildman–Crippen MR) is 58.2 cm³/mol. The van der Waals surface area contributed by atoms with E-state index in [9.17, 15) is 5.11 Å². The van der Waals surface area contributed by atoms with Crippen LogP contribution < -0.4 is 0 Å². The van der Waals surface area contributed by atoms with Crippen molar-refractivity contribution >= 4 is 23.1 Å². The van der Waals surface area contributed by atoms with Gasteiger partial charge in [0.1, 0.15) is 11.1 Å². The van der Waals surface area contributed by atoms with Gasteiger partial charge in [0.05, 0.1) is 21.9 Å². The summed E-state index contributed by atoms with van der Waals surface area (Å²) in [6.07, 6.45) is 2.87. The van der Waals surface area contributed by atoms with Crippen molar-refractivity contribution in [3.05, 3.63) is 11.2 Å². The van der Waals surface area contributed by atoms with E-state index in [4.69, 9.17) is 5.26 Å². The van der Waals surface area contributed by atoms with Gasteiger partial charge in [-0.3, -0.25) is 0 Å². The Hall–Kier alpha value is -0.570. The van der Waals surface area contributed by atoms with Gasteiger partial charge in [0.25, 0.3) is 0 Å². The van der Waals surface area contributed by atoms with Gasteiger partial charge in [0.15, 0.2) is 0 Å². The van der Waals surface area contributed by atoms with Gasteiger partial charge < -0.3 is 5.11 Å². The van der Waals surface area contributed by atoms with Gasteiger partial charge in [-0.1, -0.05) is 0 Å². The molecule has 0 bridgehead atoms. The molecule has 76 valence electrons. The average molecular weight is 228 g/mol. The molecule has 1 heterocycles. The Kier molecular flexibility index (Phi) is 3.53. The van der Waals surface area contributed by atoms with Crippen molar-refractivity contribution in [2.45, 2.75) is 24.2 Å². The summed E-state index contributed by atoms with van der Waals surface area (Å²) in [6.45, 7) is 3.41. The summed E-state index contributed by atoms with van der Waals surface area (Å²) in [4.78, 5) is 4.10. The van der Waals surface area contributed by atoms with Gasteiger partial charge >= 0.3 is 0 Å². The van der Waals surface area contributed by atoms with Crippen LogP contribution >= 0.6 is 23.1 Å². The second-order valence-electron chi connectivity index (χ2n) is 3.46. The van der Waals surface area contributed by atoms with Crippen LogP contribution in [0, 0.1) is 16.7 Å². The molecule has 0 saturated carbocycles. The average Bonchev–Trinajstić information content (AvgIpc) is 2.64.